The van der Waals surface area contributed by atoms with Crippen LogP contribution in [0.5, 0.6) is 0 Å². The molecule has 2 nitrogen and oxygen atoms in total. The van der Waals surface area contributed by atoms with Crippen LogP contribution in [0.1, 0.15) is 5.69 Å². The van der Waals surface area contributed by atoms with E-state index in [1.54, 1.807) is 6.20 Å². The minimum absolute atomic E-state index is 1.07. The fraction of sp³-hybridized carbons (Fsp3) is 0.400. The maximum atomic E-state index is 3.99. The number of rotatable bonds is 0. The SMILES string of the molecule is Cc1c(Br)cnn1C. The Bertz CT molecular complexity index is 173. The molecule has 0 unspecified atom stereocenters. The van der Waals surface area contributed by atoms with Gasteiger partial charge in [0.05, 0.1) is 10.7 Å². The molecule has 0 bridgehead atoms. The average molecular weight is 175 g/mol. The quantitative estimate of drug-likeness (QED) is 0.584. The highest BCUT2D eigenvalue weighted by molar-refractivity contribution is 9.10. The molecule has 0 aliphatic rings. The van der Waals surface area contributed by atoms with Gasteiger partial charge in [-0.3, -0.25) is 4.68 Å². The third kappa shape index (κ3) is 0.777. The predicted octanol–water partition coefficient (Wildman–Crippen LogP) is 1.49. The van der Waals surface area contributed by atoms with E-state index in [0.29, 0.717) is 0 Å². The third-order valence-corrected chi connectivity index (χ3v) is 1.95. The first-order valence-electron chi connectivity index (χ1n) is 2.36. The van der Waals surface area contributed by atoms with E-state index in [2.05, 4.69) is 21.0 Å². The van der Waals surface area contributed by atoms with Gasteiger partial charge in [0.1, 0.15) is 0 Å². The van der Waals surface area contributed by atoms with Gasteiger partial charge in [0, 0.05) is 12.7 Å². The summed E-state index contributed by atoms with van der Waals surface area (Å²) in [6.45, 7) is 2.01. The number of hydrogen-bond donors (Lipinski definition) is 0. The Balaban J connectivity index is 3.19. The Morgan fingerprint density at radius 2 is 2.38 bits per heavy atom. The summed E-state index contributed by atoms with van der Waals surface area (Å²) in [4.78, 5) is 0. The third-order valence-electron chi connectivity index (χ3n) is 1.18. The fourth-order valence-corrected chi connectivity index (χ4v) is 0.820. The largest absolute Gasteiger partial charge is 0.272 e. The second-order valence-corrected chi connectivity index (χ2v) is 2.56. The number of hydrogen-bond acceptors (Lipinski definition) is 1. The van der Waals surface area contributed by atoms with Gasteiger partial charge in [0.15, 0.2) is 0 Å². The molecule has 0 aliphatic heterocycles. The Morgan fingerprint density at radius 3 is 2.50 bits per heavy atom. The normalized spacial score (nSPS) is 9.88. The molecule has 1 aromatic heterocycles. The van der Waals surface area contributed by atoms with Crippen LogP contribution in [0, 0.1) is 6.92 Å². The first kappa shape index (κ1) is 5.82. The zero-order valence-electron chi connectivity index (χ0n) is 4.85. The lowest BCUT2D eigenvalue weighted by atomic mass is 10.5. The van der Waals surface area contributed by atoms with Crippen molar-refractivity contribution in [2.24, 2.45) is 7.05 Å². The van der Waals surface area contributed by atoms with E-state index in [-0.39, 0.29) is 0 Å². The Labute approximate surface area is 56.6 Å². The number of aryl methyl sites for hydroxylation is 1. The Hall–Kier alpha value is -0.310. The molecular weight excluding hydrogens is 168 g/mol. The molecule has 0 saturated carbocycles. The Kier molecular flexibility index (Phi) is 1.38. The molecule has 0 aliphatic carbocycles. The molecule has 0 fully saturated rings. The average Bonchev–Trinajstić information content (AvgIpc) is 1.98. The zero-order valence-corrected chi connectivity index (χ0v) is 6.44. The molecule has 0 saturated heterocycles. The summed E-state index contributed by atoms with van der Waals surface area (Å²) in [5, 5.41) is 3.99. The van der Waals surface area contributed by atoms with Crippen LogP contribution in [0.3, 0.4) is 0 Å². The van der Waals surface area contributed by atoms with E-state index in [1.165, 1.54) is 0 Å². The van der Waals surface area contributed by atoms with E-state index < -0.39 is 0 Å². The molecule has 0 N–H and O–H groups in total. The van der Waals surface area contributed by atoms with Crippen LogP contribution in [0.25, 0.3) is 0 Å². The van der Waals surface area contributed by atoms with Crippen molar-refractivity contribution < 1.29 is 0 Å². The van der Waals surface area contributed by atoms with Gasteiger partial charge in [-0.15, -0.1) is 0 Å². The van der Waals surface area contributed by atoms with Gasteiger partial charge in [0.2, 0.25) is 0 Å². The van der Waals surface area contributed by atoms with Crippen molar-refractivity contribution in [1.82, 2.24) is 9.78 Å². The van der Waals surface area contributed by atoms with Crippen molar-refractivity contribution in [3.05, 3.63) is 16.4 Å². The summed E-state index contributed by atoms with van der Waals surface area (Å²) in [5.74, 6) is 0. The number of nitrogens with zero attached hydrogens (tertiary/aromatic N) is 2. The summed E-state index contributed by atoms with van der Waals surface area (Å²) < 4.78 is 2.89. The number of aromatic nitrogens is 2. The van der Waals surface area contributed by atoms with Crippen LogP contribution in [0.4, 0.5) is 0 Å². The second-order valence-electron chi connectivity index (χ2n) is 1.70. The van der Waals surface area contributed by atoms with Crippen LogP contribution in [0.2, 0.25) is 0 Å². The highest BCUT2D eigenvalue weighted by Crippen LogP contribution is 2.12. The van der Waals surface area contributed by atoms with Gasteiger partial charge in [0.25, 0.3) is 0 Å². The van der Waals surface area contributed by atoms with E-state index in [4.69, 9.17) is 0 Å². The van der Waals surface area contributed by atoms with Crippen LogP contribution in [-0.2, 0) is 7.05 Å². The van der Waals surface area contributed by atoms with Gasteiger partial charge in [-0.25, -0.2) is 0 Å². The molecule has 1 aromatic rings. The van der Waals surface area contributed by atoms with Crippen molar-refractivity contribution in [3.8, 4) is 0 Å². The maximum Gasteiger partial charge on any atom is 0.0634 e. The van der Waals surface area contributed by atoms with Gasteiger partial charge < -0.3 is 0 Å². The van der Waals surface area contributed by atoms with Crippen molar-refractivity contribution in [2.45, 2.75) is 6.92 Å². The van der Waals surface area contributed by atoms with Crippen LogP contribution in [-0.4, -0.2) is 9.78 Å². The smallest absolute Gasteiger partial charge is 0.0634 e. The summed E-state index contributed by atoms with van der Waals surface area (Å²) in [7, 11) is 1.92. The molecular formula is C5H7BrN2. The predicted molar refractivity (Wildman–Crippen MR) is 35.6 cm³/mol. The van der Waals surface area contributed by atoms with E-state index in [9.17, 15) is 0 Å². The topological polar surface area (TPSA) is 17.8 Å². The first-order valence-corrected chi connectivity index (χ1v) is 3.15. The molecule has 1 rings (SSSR count). The number of halogens is 1. The second kappa shape index (κ2) is 1.90. The van der Waals surface area contributed by atoms with E-state index >= 15 is 0 Å². The van der Waals surface area contributed by atoms with Gasteiger partial charge >= 0.3 is 0 Å². The first-order chi connectivity index (χ1) is 3.72. The van der Waals surface area contributed by atoms with Crippen LogP contribution in [0.15, 0.2) is 10.7 Å². The summed E-state index contributed by atoms with van der Waals surface area (Å²) >= 11 is 3.33. The molecule has 0 radical (unpaired) electrons. The highest BCUT2D eigenvalue weighted by Gasteiger charge is 1.95. The van der Waals surface area contributed by atoms with Crippen molar-refractivity contribution in [2.75, 3.05) is 0 Å². The van der Waals surface area contributed by atoms with E-state index in [0.717, 1.165) is 10.2 Å². The van der Waals surface area contributed by atoms with Crippen molar-refractivity contribution in [3.63, 3.8) is 0 Å². The zero-order chi connectivity index (χ0) is 6.15. The van der Waals surface area contributed by atoms with Crippen molar-refractivity contribution >= 4 is 15.9 Å². The maximum absolute atomic E-state index is 3.99. The van der Waals surface area contributed by atoms with Gasteiger partial charge in [-0.2, -0.15) is 5.10 Å². The molecule has 0 spiro atoms. The summed E-state index contributed by atoms with van der Waals surface area (Å²) in [6, 6.07) is 0. The van der Waals surface area contributed by atoms with Crippen LogP contribution < -0.4 is 0 Å². The lowest BCUT2D eigenvalue weighted by molar-refractivity contribution is 0.739. The van der Waals surface area contributed by atoms with E-state index in [1.807, 2.05) is 18.7 Å². The lowest BCUT2D eigenvalue weighted by Gasteiger charge is -1.89. The highest BCUT2D eigenvalue weighted by atomic mass is 79.9. The minimum atomic E-state index is 1.07. The van der Waals surface area contributed by atoms with Gasteiger partial charge in [-0.05, 0) is 22.9 Å². The van der Waals surface area contributed by atoms with Crippen LogP contribution >= 0.6 is 15.9 Å². The standard InChI is InChI=1S/C5H7BrN2/c1-4-5(6)3-7-8(4)2/h3H,1-2H3. The summed E-state index contributed by atoms with van der Waals surface area (Å²) in [6.07, 6.45) is 1.79. The molecule has 0 atom stereocenters. The lowest BCUT2D eigenvalue weighted by Crippen LogP contribution is -1.91. The summed E-state index contributed by atoms with van der Waals surface area (Å²) in [5.41, 5.74) is 1.16. The molecule has 8 heavy (non-hydrogen) atoms. The van der Waals surface area contributed by atoms with Gasteiger partial charge in [-0.1, -0.05) is 0 Å². The molecule has 3 heteroatoms. The monoisotopic (exact) mass is 174 g/mol. The minimum Gasteiger partial charge on any atom is -0.272 e. The molecule has 0 aromatic carbocycles. The fourth-order valence-electron chi connectivity index (χ4n) is 0.472. The molecule has 0 amide bonds. The molecule has 1 heterocycles. The molecule has 44 valence electrons. The Morgan fingerprint density at radius 1 is 1.75 bits per heavy atom. The van der Waals surface area contributed by atoms with Crippen molar-refractivity contribution in [1.29, 1.82) is 0 Å².